The van der Waals surface area contributed by atoms with Gasteiger partial charge < -0.3 is 0 Å². The van der Waals surface area contributed by atoms with E-state index in [1.54, 1.807) is 0 Å². The molecule has 0 saturated heterocycles. The normalized spacial score (nSPS) is 13.7. The van der Waals surface area contributed by atoms with Crippen LogP contribution in [0.15, 0.2) is 52.3 Å². The minimum absolute atomic E-state index is 0.182. The molecule has 0 aromatic heterocycles. The SMILES string of the molecule is O=C1N=NC=C1CCCCCC(=O)c1ccccc1. The molecule has 0 aliphatic carbocycles. The highest BCUT2D eigenvalue weighted by Gasteiger charge is 2.12. The minimum Gasteiger partial charge on any atom is -0.294 e. The molecule has 1 heterocycles. The van der Waals surface area contributed by atoms with E-state index < -0.39 is 0 Å². The quantitative estimate of drug-likeness (QED) is 0.551. The van der Waals surface area contributed by atoms with Crippen LogP contribution in [0, 0.1) is 0 Å². The van der Waals surface area contributed by atoms with Gasteiger partial charge in [0.15, 0.2) is 5.78 Å². The topological polar surface area (TPSA) is 58.9 Å². The van der Waals surface area contributed by atoms with Gasteiger partial charge >= 0.3 is 0 Å². The molecule has 0 radical (unpaired) electrons. The van der Waals surface area contributed by atoms with E-state index in [0.29, 0.717) is 18.4 Å². The molecule has 1 aliphatic rings. The first kappa shape index (κ1) is 13.3. The third-order valence-electron chi connectivity index (χ3n) is 3.08. The molecule has 1 aliphatic heterocycles. The van der Waals surface area contributed by atoms with Gasteiger partial charge in [-0.25, -0.2) is 0 Å². The van der Waals surface area contributed by atoms with E-state index in [2.05, 4.69) is 10.2 Å². The molecule has 4 heteroatoms. The molecule has 1 amide bonds. The lowest BCUT2D eigenvalue weighted by Crippen LogP contribution is -1.99. The number of carbonyl (C=O) groups is 2. The van der Waals surface area contributed by atoms with Crippen molar-refractivity contribution in [2.75, 3.05) is 0 Å². The summed E-state index contributed by atoms with van der Waals surface area (Å²) in [5.74, 6) is -0.0397. The maximum absolute atomic E-state index is 11.8. The Labute approximate surface area is 112 Å². The van der Waals surface area contributed by atoms with Crippen molar-refractivity contribution >= 4 is 11.7 Å². The van der Waals surface area contributed by atoms with Crippen LogP contribution in [0.3, 0.4) is 0 Å². The van der Waals surface area contributed by atoms with E-state index in [4.69, 9.17) is 0 Å². The molecule has 1 aromatic rings. The van der Waals surface area contributed by atoms with Gasteiger partial charge in [0.05, 0.1) is 6.20 Å². The molecule has 4 nitrogen and oxygen atoms in total. The summed E-state index contributed by atoms with van der Waals surface area (Å²) in [5, 5.41) is 7.00. The lowest BCUT2D eigenvalue weighted by atomic mass is 10.0. The largest absolute Gasteiger partial charge is 0.294 e. The fourth-order valence-corrected chi connectivity index (χ4v) is 1.99. The Morgan fingerprint density at radius 1 is 1.05 bits per heavy atom. The number of rotatable bonds is 7. The zero-order valence-electron chi connectivity index (χ0n) is 10.7. The summed E-state index contributed by atoms with van der Waals surface area (Å²) in [6.45, 7) is 0. The van der Waals surface area contributed by atoms with Crippen LogP contribution in [0.25, 0.3) is 0 Å². The molecule has 98 valence electrons. The van der Waals surface area contributed by atoms with Crippen molar-refractivity contribution in [3.05, 3.63) is 47.7 Å². The van der Waals surface area contributed by atoms with Gasteiger partial charge in [0.1, 0.15) is 0 Å². The Morgan fingerprint density at radius 2 is 1.84 bits per heavy atom. The predicted molar refractivity (Wildman–Crippen MR) is 71.8 cm³/mol. The molecular weight excluding hydrogens is 240 g/mol. The van der Waals surface area contributed by atoms with Gasteiger partial charge in [0.25, 0.3) is 5.91 Å². The molecule has 0 unspecified atom stereocenters. The second kappa shape index (κ2) is 6.73. The number of hydrogen-bond donors (Lipinski definition) is 0. The van der Waals surface area contributed by atoms with Crippen molar-refractivity contribution in [1.29, 1.82) is 0 Å². The number of benzene rings is 1. The first-order valence-corrected chi connectivity index (χ1v) is 6.50. The number of unbranched alkanes of at least 4 members (excludes halogenated alkanes) is 2. The molecule has 0 N–H and O–H groups in total. The fourth-order valence-electron chi connectivity index (χ4n) is 1.99. The van der Waals surface area contributed by atoms with Crippen molar-refractivity contribution in [2.45, 2.75) is 32.1 Å². The molecule has 2 rings (SSSR count). The predicted octanol–water partition coefficient (Wildman–Crippen LogP) is 3.70. The van der Waals surface area contributed by atoms with Gasteiger partial charge in [-0.2, -0.15) is 5.11 Å². The maximum Gasteiger partial charge on any atom is 0.292 e. The van der Waals surface area contributed by atoms with Crippen LogP contribution in [0.5, 0.6) is 0 Å². The molecule has 19 heavy (non-hydrogen) atoms. The second-order valence-corrected chi connectivity index (χ2v) is 4.52. The summed E-state index contributed by atoms with van der Waals surface area (Å²) in [7, 11) is 0. The standard InChI is InChI=1S/C15H16N2O2/c18-14(12-7-3-1-4-8-12)10-6-2-5-9-13-11-16-17-15(13)19/h1,3-4,7-8,11H,2,5-6,9-10H2. The van der Waals surface area contributed by atoms with Crippen LogP contribution in [0.1, 0.15) is 42.5 Å². The Bertz CT molecular complexity index is 518. The summed E-state index contributed by atoms with van der Waals surface area (Å²) in [6.07, 6.45) is 5.46. The van der Waals surface area contributed by atoms with Crippen LogP contribution >= 0.6 is 0 Å². The molecule has 0 fully saturated rings. The molecule has 1 aromatic carbocycles. The van der Waals surface area contributed by atoms with Crippen molar-refractivity contribution < 1.29 is 9.59 Å². The zero-order valence-corrected chi connectivity index (χ0v) is 10.7. The summed E-state index contributed by atoms with van der Waals surface area (Å²) in [6, 6.07) is 9.33. The van der Waals surface area contributed by atoms with Crippen molar-refractivity contribution in [3.8, 4) is 0 Å². The summed E-state index contributed by atoms with van der Waals surface area (Å²) in [4.78, 5) is 23.0. The first-order chi connectivity index (χ1) is 9.27. The van der Waals surface area contributed by atoms with E-state index in [9.17, 15) is 9.59 Å². The van der Waals surface area contributed by atoms with E-state index in [0.717, 1.165) is 24.8 Å². The monoisotopic (exact) mass is 256 g/mol. The van der Waals surface area contributed by atoms with Crippen LogP contribution in [-0.4, -0.2) is 11.7 Å². The van der Waals surface area contributed by atoms with E-state index in [1.807, 2.05) is 30.3 Å². The average molecular weight is 256 g/mol. The highest BCUT2D eigenvalue weighted by molar-refractivity contribution is 5.96. The third-order valence-corrected chi connectivity index (χ3v) is 3.08. The first-order valence-electron chi connectivity index (χ1n) is 6.50. The lowest BCUT2D eigenvalue weighted by molar-refractivity contribution is -0.114. The number of ketones is 1. The molecule has 0 saturated carbocycles. The van der Waals surface area contributed by atoms with Crippen LogP contribution in [-0.2, 0) is 4.79 Å². The molecule has 0 bridgehead atoms. The molecular formula is C15H16N2O2. The van der Waals surface area contributed by atoms with E-state index >= 15 is 0 Å². The Kier molecular flexibility index (Phi) is 4.72. The number of hydrogen-bond acceptors (Lipinski definition) is 3. The fraction of sp³-hybridized carbons (Fsp3) is 0.333. The Hall–Kier alpha value is -2.10. The third kappa shape index (κ3) is 3.95. The Balaban J connectivity index is 1.62. The van der Waals surface area contributed by atoms with Crippen LogP contribution < -0.4 is 0 Å². The summed E-state index contributed by atoms with van der Waals surface area (Å²) < 4.78 is 0. The lowest BCUT2D eigenvalue weighted by Gasteiger charge is -2.01. The van der Waals surface area contributed by atoms with Crippen LogP contribution in [0.4, 0.5) is 0 Å². The average Bonchev–Trinajstić information content (AvgIpc) is 2.85. The number of azo groups is 1. The highest BCUT2D eigenvalue weighted by Crippen LogP contribution is 2.16. The van der Waals surface area contributed by atoms with Gasteiger partial charge in [-0.1, -0.05) is 36.8 Å². The highest BCUT2D eigenvalue weighted by atomic mass is 16.2. The Morgan fingerprint density at radius 3 is 2.53 bits per heavy atom. The smallest absolute Gasteiger partial charge is 0.292 e. The van der Waals surface area contributed by atoms with Gasteiger partial charge in [-0.05, 0) is 19.3 Å². The zero-order chi connectivity index (χ0) is 13.5. The van der Waals surface area contributed by atoms with Crippen LogP contribution in [0.2, 0.25) is 0 Å². The number of nitrogens with zero attached hydrogens (tertiary/aromatic N) is 2. The maximum atomic E-state index is 11.8. The van der Waals surface area contributed by atoms with Crippen molar-refractivity contribution in [3.63, 3.8) is 0 Å². The van der Waals surface area contributed by atoms with Gasteiger partial charge in [-0.3, -0.25) is 9.59 Å². The van der Waals surface area contributed by atoms with Gasteiger partial charge in [-0.15, -0.1) is 5.11 Å². The summed E-state index contributed by atoms with van der Waals surface area (Å²) in [5.41, 5.74) is 1.45. The second-order valence-electron chi connectivity index (χ2n) is 4.52. The van der Waals surface area contributed by atoms with Crippen molar-refractivity contribution in [2.24, 2.45) is 10.2 Å². The number of Topliss-reactive ketones (excluding diaryl/α,β-unsaturated/α-hetero) is 1. The van der Waals surface area contributed by atoms with Crippen molar-refractivity contribution in [1.82, 2.24) is 0 Å². The minimum atomic E-state index is -0.222. The van der Waals surface area contributed by atoms with Gasteiger partial charge in [0.2, 0.25) is 0 Å². The van der Waals surface area contributed by atoms with Gasteiger partial charge in [0, 0.05) is 17.6 Å². The van der Waals surface area contributed by atoms with E-state index in [-0.39, 0.29) is 11.7 Å². The number of carbonyl (C=O) groups excluding carboxylic acids is 2. The summed E-state index contributed by atoms with van der Waals surface area (Å²) >= 11 is 0. The van der Waals surface area contributed by atoms with E-state index in [1.165, 1.54) is 6.20 Å². The molecule has 0 spiro atoms. The number of amides is 1. The molecule has 0 atom stereocenters.